The van der Waals surface area contributed by atoms with Crippen LogP contribution in [-0.4, -0.2) is 55.1 Å². The minimum absolute atomic E-state index is 0. The van der Waals surface area contributed by atoms with Crippen LogP contribution in [0, 0.1) is 6.92 Å². The first-order valence-corrected chi connectivity index (χ1v) is 8.93. The number of anilines is 2. The van der Waals surface area contributed by atoms with Gasteiger partial charge in [0.1, 0.15) is 5.69 Å². The molecule has 1 aromatic carbocycles. The molecule has 26 heavy (non-hydrogen) atoms. The highest BCUT2D eigenvalue weighted by molar-refractivity contribution is 6.02. The van der Waals surface area contributed by atoms with Gasteiger partial charge in [0.25, 0.3) is 5.91 Å². The first-order chi connectivity index (χ1) is 12.0. The zero-order valence-corrected chi connectivity index (χ0v) is 17.9. The highest BCUT2D eigenvalue weighted by Gasteiger charge is 2.26. The Labute approximate surface area is 173 Å². The van der Waals surface area contributed by atoms with Crippen LogP contribution < -0.4 is 34.2 Å². The number of carbonyl (C=O) groups is 1. The molecular formula is C20H27IN4O. The number of piperazine rings is 1. The van der Waals surface area contributed by atoms with Gasteiger partial charge in [0.2, 0.25) is 0 Å². The van der Waals surface area contributed by atoms with Crippen LogP contribution in [0.5, 0.6) is 0 Å². The number of halogens is 1. The molecule has 2 aromatic rings. The fourth-order valence-corrected chi connectivity index (χ4v) is 3.14. The molecule has 1 aliphatic heterocycles. The molecule has 6 heteroatoms. The van der Waals surface area contributed by atoms with E-state index in [2.05, 4.69) is 41.3 Å². The molecule has 0 unspecified atom stereocenters. The van der Waals surface area contributed by atoms with Gasteiger partial charge < -0.3 is 38.7 Å². The Kier molecular flexibility index (Phi) is 7.00. The van der Waals surface area contributed by atoms with Crippen LogP contribution in [0.2, 0.25) is 0 Å². The van der Waals surface area contributed by atoms with Crippen molar-refractivity contribution >= 4 is 17.3 Å². The second kappa shape index (κ2) is 8.81. The Balaban J connectivity index is 0.00000243. The van der Waals surface area contributed by atoms with E-state index in [1.54, 1.807) is 6.07 Å². The molecule has 1 aliphatic rings. The molecule has 1 saturated heterocycles. The molecule has 0 saturated carbocycles. The number of likely N-dealkylation sites (N-methyl/N-ethyl adjacent to an activating group) is 1. The van der Waals surface area contributed by atoms with Crippen molar-refractivity contribution in [3.63, 3.8) is 0 Å². The summed E-state index contributed by atoms with van der Waals surface area (Å²) in [4.78, 5) is 19.0. The molecule has 1 N–H and O–H groups in total. The summed E-state index contributed by atoms with van der Waals surface area (Å²) in [5.74, 6) is -0.176. The highest BCUT2D eigenvalue weighted by Crippen LogP contribution is 2.21. The van der Waals surface area contributed by atoms with Gasteiger partial charge in [0, 0.05) is 17.1 Å². The lowest BCUT2D eigenvalue weighted by Crippen LogP contribution is -3.00. The molecule has 1 fully saturated rings. The molecule has 0 bridgehead atoms. The number of benzene rings is 1. The third kappa shape index (κ3) is 4.94. The van der Waals surface area contributed by atoms with Gasteiger partial charge >= 0.3 is 0 Å². The Morgan fingerprint density at radius 3 is 2.38 bits per heavy atom. The van der Waals surface area contributed by atoms with Crippen molar-refractivity contribution in [3.05, 3.63) is 53.9 Å². The number of amides is 1. The van der Waals surface area contributed by atoms with Crippen molar-refractivity contribution in [2.24, 2.45) is 0 Å². The molecule has 3 rings (SSSR count). The van der Waals surface area contributed by atoms with Crippen LogP contribution in [0.1, 0.15) is 23.1 Å². The van der Waals surface area contributed by atoms with Gasteiger partial charge in [0.05, 0.1) is 39.8 Å². The van der Waals surface area contributed by atoms with Crippen molar-refractivity contribution < 1.29 is 33.3 Å². The number of aryl methyl sites for hydroxylation is 1. The fourth-order valence-electron chi connectivity index (χ4n) is 3.14. The standard InChI is InChI=1S/C20H26N4O.HI/c1-4-24(3)14-12-23(13-15-24)18-10-8-17(9-11-18)22-20(25)19-7-5-6-16(2)21-19;/h5-11H,4,12-15H2,1-3H3;1H. The van der Waals surface area contributed by atoms with Gasteiger partial charge in [-0.1, -0.05) is 6.07 Å². The largest absolute Gasteiger partial charge is 1.00 e. The van der Waals surface area contributed by atoms with Gasteiger partial charge in [-0.3, -0.25) is 4.79 Å². The minimum atomic E-state index is -0.176. The zero-order chi connectivity index (χ0) is 17.9. The third-order valence-corrected chi connectivity index (χ3v) is 5.19. The summed E-state index contributed by atoms with van der Waals surface area (Å²) < 4.78 is 1.15. The third-order valence-electron chi connectivity index (χ3n) is 5.19. The summed E-state index contributed by atoms with van der Waals surface area (Å²) in [6, 6.07) is 13.6. The Hall–Kier alpha value is -1.67. The lowest BCUT2D eigenvalue weighted by atomic mass is 10.2. The predicted molar refractivity (Wildman–Crippen MR) is 102 cm³/mol. The fraction of sp³-hybridized carbons (Fsp3) is 0.400. The molecule has 1 amide bonds. The number of pyridine rings is 1. The number of nitrogens with one attached hydrogen (secondary N) is 1. The first-order valence-electron chi connectivity index (χ1n) is 8.93. The van der Waals surface area contributed by atoms with E-state index in [1.165, 1.54) is 25.3 Å². The maximum absolute atomic E-state index is 12.3. The van der Waals surface area contributed by atoms with Crippen LogP contribution in [0.4, 0.5) is 11.4 Å². The van der Waals surface area contributed by atoms with Crippen LogP contribution in [0.3, 0.4) is 0 Å². The van der Waals surface area contributed by atoms with E-state index in [-0.39, 0.29) is 29.9 Å². The van der Waals surface area contributed by atoms with Crippen LogP contribution in [-0.2, 0) is 0 Å². The minimum Gasteiger partial charge on any atom is -1.00 e. The number of carbonyl (C=O) groups excluding carboxylic acids is 1. The quantitative estimate of drug-likeness (QED) is 0.507. The molecule has 0 radical (unpaired) electrons. The second-order valence-electron chi connectivity index (χ2n) is 7.04. The molecule has 5 nitrogen and oxygen atoms in total. The molecule has 1 aromatic heterocycles. The van der Waals surface area contributed by atoms with Crippen molar-refractivity contribution in [1.29, 1.82) is 0 Å². The van der Waals surface area contributed by atoms with E-state index in [0.717, 1.165) is 29.0 Å². The Morgan fingerprint density at radius 1 is 1.15 bits per heavy atom. The average molecular weight is 466 g/mol. The van der Waals surface area contributed by atoms with Crippen molar-refractivity contribution in [1.82, 2.24) is 4.98 Å². The van der Waals surface area contributed by atoms with E-state index in [0.29, 0.717) is 5.69 Å². The number of rotatable bonds is 4. The Morgan fingerprint density at radius 2 is 1.81 bits per heavy atom. The van der Waals surface area contributed by atoms with Crippen molar-refractivity contribution in [3.8, 4) is 0 Å². The maximum atomic E-state index is 12.3. The van der Waals surface area contributed by atoms with Crippen molar-refractivity contribution in [2.45, 2.75) is 13.8 Å². The second-order valence-corrected chi connectivity index (χ2v) is 7.04. The Bertz CT molecular complexity index is 740. The first kappa shape index (κ1) is 20.6. The number of aromatic nitrogens is 1. The molecule has 0 spiro atoms. The lowest BCUT2D eigenvalue weighted by Gasteiger charge is -2.42. The molecule has 140 valence electrons. The number of hydrogen-bond donors (Lipinski definition) is 1. The SMILES string of the molecule is CC[N+]1(C)CCN(c2ccc(NC(=O)c3cccc(C)n3)cc2)CC1.[I-]. The summed E-state index contributed by atoms with van der Waals surface area (Å²) in [5.41, 5.74) is 3.29. The monoisotopic (exact) mass is 466 g/mol. The topological polar surface area (TPSA) is 45.2 Å². The van der Waals surface area contributed by atoms with E-state index >= 15 is 0 Å². The summed E-state index contributed by atoms with van der Waals surface area (Å²) in [7, 11) is 2.33. The van der Waals surface area contributed by atoms with Gasteiger partial charge in [-0.05, 0) is 50.2 Å². The van der Waals surface area contributed by atoms with E-state index in [9.17, 15) is 4.79 Å². The maximum Gasteiger partial charge on any atom is 0.274 e. The van der Waals surface area contributed by atoms with Crippen LogP contribution in [0.15, 0.2) is 42.5 Å². The molecule has 0 aliphatic carbocycles. The number of nitrogens with zero attached hydrogens (tertiary/aromatic N) is 3. The van der Waals surface area contributed by atoms with E-state index < -0.39 is 0 Å². The normalized spacial score (nSPS) is 15.9. The summed E-state index contributed by atoms with van der Waals surface area (Å²) in [6.45, 7) is 9.82. The summed E-state index contributed by atoms with van der Waals surface area (Å²) >= 11 is 0. The average Bonchev–Trinajstić information content (AvgIpc) is 2.63. The van der Waals surface area contributed by atoms with Gasteiger partial charge in [-0.25, -0.2) is 4.98 Å². The molecular weight excluding hydrogens is 439 g/mol. The van der Waals surface area contributed by atoms with Crippen LogP contribution in [0.25, 0.3) is 0 Å². The molecule has 0 atom stereocenters. The van der Waals surface area contributed by atoms with E-state index in [1.807, 2.05) is 31.2 Å². The number of hydrogen-bond acceptors (Lipinski definition) is 3. The van der Waals surface area contributed by atoms with Gasteiger partial charge in [0.15, 0.2) is 0 Å². The predicted octanol–water partition coefficient (Wildman–Crippen LogP) is -0.0672. The van der Waals surface area contributed by atoms with E-state index in [4.69, 9.17) is 0 Å². The summed E-state index contributed by atoms with van der Waals surface area (Å²) in [5, 5.41) is 2.91. The van der Waals surface area contributed by atoms with Crippen LogP contribution >= 0.6 is 0 Å². The lowest BCUT2D eigenvalue weighted by molar-refractivity contribution is -0.908. The van der Waals surface area contributed by atoms with Gasteiger partial charge in [-0.2, -0.15) is 0 Å². The smallest absolute Gasteiger partial charge is 0.274 e. The van der Waals surface area contributed by atoms with Crippen molar-refractivity contribution in [2.75, 3.05) is 50.0 Å². The van der Waals surface area contributed by atoms with Gasteiger partial charge in [-0.15, -0.1) is 0 Å². The highest BCUT2D eigenvalue weighted by atomic mass is 127. The number of quaternary nitrogens is 1. The molecule has 2 heterocycles. The zero-order valence-electron chi connectivity index (χ0n) is 15.7. The summed E-state index contributed by atoms with van der Waals surface area (Å²) in [6.07, 6.45) is 0.